The van der Waals surface area contributed by atoms with Crippen LogP contribution in [-0.2, 0) is 0 Å². The molecule has 7 nitrogen and oxygen atoms in total. The third-order valence-electron chi connectivity index (χ3n) is 5.86. The molecule has 30 heavy (non-hydrogen) atoms. The molecule has 0 saturated heterocycles. The van der Waals surface area contributed by atoms with Gasteiger partial charge in [0.15, 0.2) is 16.9 Å². The molecule has 1 aliphatic heterocycles. The molecule has 0 amide bonds. The lowest BCUT2D eigenvalue weighted by molar-refractivity contribution is 0.237. The first kappa shape index (κ1) is 21.2. The second-order valence-electron chi connectivity index (χ2n) is 7.66. The van der Waals surface area contributed by atoms with Crippen molar-refractivity contribution in [3.8, 4) is 29.7 Å². The van der Waals surface area contributed by atoms with Gasteiger partial charge in [-0.3, -0.25) is 0 Å². The van der Waals surface area contributed by atoms with Crippen molar-refractivity contribution in [1.82, 2.24) is 4.90 Å². The van der Waals surface area contributed by atoms with E-state index in [9.17, 15) is 15.8 Å². The first-order valence-corrected chi connectivity index (χ1v) is 9.89. The van der Waals surface area contributed by atoms with Gasteiger partial charge in [-0.25, -0.2) is 0 Å². The summed E-state index contributed by atoms with van der Waals surface area (Å²) in [6.45, 7) is 3.86. The van der Waals surface area contributed by atoms with Gasteiger partial charge in [0, 0.05) is 24.9 Å². The van der Waals surface area contributed by atoms with E-state index < -0.39 is 11.3 Å². The lowest BCUT2D eigenvalue weighted by Crippen LogP contribution is -2.47. The van der Waals surface area contributed by atoms with E-state index in [4.69, 9.17) is 15.2 Å². The Hall–Kier alpha value is -3.47. The van der Waals surface area contributed by atoms with Crippen molar-refractivity contribution in [2.75, 3.05) is 33.9 Å². The van der Waals surface area contributed by atoms with Crippen molar-refractivity contribution in [3.63, 3.8) is 0 Å². The van der Waals surface area contributed by atoms with Gasteiger partial charge in [-0.2, -0.15) is 15.8 Å². The smallest absolute Gasteiger partial charge is 0.191 e. The highest BCUT2D eigenvalue weighted by molar-refractivity contribution is 5.60. The van der Waals surface area contributed by atoms with Crippen LogP contribution < -0.4 is 15.2 Å². The molecule has 154 valence electrons. The Bertz CT molecular complexity index is 1010. The Morgan fingerprint density at radius 3 is 2.57 bits per heavy atom. The van der Waals surface area contributed by atoms with Crippen LogP contribution in [0.25, 0.3) is 0 Å². The standard InChI is InChI=1S/C23H25N5O2/c1-4-9-30-19-6-5-15(10-20(19)29-3)21-18-12-28(2)8-7-16(18)17(11-24)22(27)23(21,13-25)14-26/h5-7,10,18,21H,4,8-9,12,27H2,1-3H3/t18-,21-/m0/s1. The molecule has 0 aromatic heterocycles. The molecule has 3 rings (SSSR count). The Balaban J connectivity index is 2.23. The van der Waals surface area contributed by atoms with E-state index >= 15 is 0 Å². The van der Waals surface area contributed by atoms with Gasteiger partial charge in [-0.1, -0.05) is 19.1 Å². The van der Waals surface area contributed by atoms with Gasteiger partial charge in [0.25, 0.3) is 0 Å². The maximum Gasteiger partial charge on any atom is 0.191 e. The highest BCUT2D eigenvalue weighted by Gasteiger charge is 2.54. The van der Waals surface area contributed by atoms with Crippen LogP contribution in [0.5, 0.6) is 11.5 Å². The summed E-state index contributed by atoms with van der Waals surface area (Å²) in [6, 6.07) is 11.9. The van der Waals surface area contributed by atoms with Crippen LogP contribution in [0.1, 0.15) is 24.8 Å². The molecule has 0 bridgehead atoms. The van der Waals surface area contributed by atoms with Gasteiger partial charge in [-0.05, 0) is 36.7 Å². The maximum atomic E-state index is 10.1. The summed E-state index contributed by atoms with van der Waals surface area (Å²) in [5.74, 6) is 0.370. The molecule has 0 fully saturated rings. The molecule has 1 aromatic carbocycles. The van der Waals surface area contributed by atoms with Gasteiger partial charge < -0.3 is 20.1 Å². The van der Waals surface area contributed by atoms with Crippen LogP contribution in [0.2, 0.25) is 0 Å². The number of fused-ring (bicyclic) bond motifs is 1. The summed E-state index contributed by atoms with van der Waals surface area (Å²) in [6.07, 6.45) is 2.83. The van der Waals surface area contributed by atoms with Crippen LogP contribution in [0, 0.1) is 45.3 Å². The lowest BCUT2D eigenvalue weighted by Gasteiger charge is -2.45. The molecule has 0 unspecified atom stereocenters. The zero-order valence-electron chi connectivity index (χ0n) is 17.5. The van der Waals surface area contributed by atoms with Crippen LogP contribution in [0.3, 0.4) is 0 Å². The predicted molar refractivity (Wildman–Crippen MR) is 111 cm³/mol. The fraction of sp³-hybridized carbons (Fsp3) is 0.435. The Morgan fingerprint density at radius 1 is 1.23 bits per heavy atom. The van der Waals surface area contributed by atoms with Crippen molar-refractivity contribution < 1.29 is 9.47 Å². The van der Waals surface area contributed by atoms with E-state index in [1.807, 2.05) is 32.2 Å². The molecular weight excluding hydrogens is 378 g/mol. The average molecular weight is 403 g/mol. The highest BCUT2D eigenvalue weighted by Crippen LogP contribution is 2.54. The summed E-state index contributed by atoms with van der Waals surface area (Å²) < 4.78 is 11.3. The van der Waals surface area contributed by atoms with Crippen LogP contribution >= 0.6 is 0 Å². The van der Waals surface area contributed by atoms with E-state index in [1.165, 1.54) is 0 Å². The fourth-order valence-corrected chi connectivity index (χ4v) is 4.41. The van der Waals surface area contributed by atoms with Crippen molar-refractivity contribution >= 4 is 0 Å². The normalized spacial score (nSPS) is 22.7. The van der Waals surface area contributed by atoms with Crippen molar-refractivity contribution in [1.29, 1.82) is 15.8 Å². The zero-order chi connectivity index (χ0) is 21.9. The van der Waals surface area contributed by atoms with Gasteiger partial charge >= 0.3 is 0 Å². The summed E-state index contributed by atoms with van der Waals surface area (Å²) in [4.78, 5) is 2.10. The number of rotatable bonds is 5. The topological polar surface area (TPSA) is 119 Å². The van der Waals surface area contributed by atoms with Crippen LogP contribution in [-0.4, -0.2) is 38.8 Å². The quantitative estimate of drug-likeness (QED) is 0.803. The molecule has 2 aliphatic rings. The highest BCUT2D eigenvalue weighted by atomic mass is 16.5. The van der Waals surface area contributed by atoms with Gasteiger partial charge in [0.1, 0.15) is 6.07 Å². The first-order valence-electron chi connectivity index (χ1n) is 9.89. The SMILES string of the molecule is CCCOc1ccc([C@H]2[C@H]3CN(C)CC=C3C(C#N)=C(N)C2(C#N)C#N)cc1OC. The molecule has 2 atom stereocenters. The Morgan fingerprint density at radius 2 is 1.97 bits per heavy atom. The number of nitrogens with two attached hydrogens (primary N) is 1. The van der Waals surface area contributed by atoms with Crippen molar-refractivity contribution in [3.05, 3.63) is 46.7 Å². The predicted octanol–water partition coefficient (Wildman–Crippen LogP) is 2.84. The maximum absolute atomic E-state index is 10.1. The minimum absolute atomic E-state index is 0.0253. The summed E-state index contributed by atoms with van der Waals surface area (Å²) in [7, 11) is 3.53. The number of nitrogens with zero attached hydrogens (tertiary/aromatic N) is 4. The molecule has 0 saturated carbocycles. The number of hydrogen-bond acceptors (Lipinski definition) is 7. The molecule has 7 heteroatoms. The third kappa shape index (κ3) is 3.26. The lowest BCUT2D eigenvalue weighted by atomic mass is 9.58. The van der Waals surface area contributed by atoms with Gasteiger partial charge in [-0.15, -0.1) is 0 Å². The van der Waals surface area contributed by atoms with Gasteiger partial charge in [0.05, 0.1) is 37.1 Å². The molecule has 1 heterocycles. The van der Waals surface area contributed by atoms with E-state index in [-0.39, 0.29) is 17.2 Å². The van der Waals surface area contributed by atoms with Crippen molar-refractivity contribution in [2.24, 2.45) is 17.1 Å². The van der Waals surface area contributed by atoms with Crippen molar-refractivity contribution in [2.45, 2.75) is 19.3 Å². The van der Waals surface area contributed by atoms with E-state index in [2.05, 4.69) is 23.1 Å². The molecule has 1 aromatic rings. The summed E-state index contributed by atoms with van der Waals surface area (Å²) in [5, 5.41) is 30.0. The average Bonchev–Trinajstić information content (AvgIpc) is 2.77. The van der Waals surface area contributed by atoms with E-state index in [0.29, 0.717) is 31.2 Å². The van der Waals surface area contributed by atoms with E-state index in [0.717, 1.165) is 17.6 Å². The molecule has 1 aliphatic carbocycles. The zero-order valence-corrected chi connectivity index (χ0v) is 17.5. The van der Waals surface area contributed by atoms with Crippen LogP contribution in [0.15, 0.2) is 41.1 Å². The molecule has 0 spiro atoms. The van der Waals surface area contributed by atoms with Crippen LogP contribution in [0.4, 0.5) is 0 Å². The molecule has 0 radical (unpaired) electrons. The second kappa shape index (κ2) is 8.49. The Labute approximate surface area is 177 Å². The fourth-order valence-electron chi connectivity index (χ4n) is 4.41. The third-order valence-corrected chi connectivity index (χ3v) is 5.86. The number of hydrogen-bond donors (Lipinski definition) is 1. The molecular formula is C23H25N5O2. The first-order chi connectivity index (χ1) is 14.5. The largest absolute Gasteiger partial charge is 0.493 e. The Kier molecular flexibility index (Phi) is 6.01. The number of nitriles is 3. The van der Waals surface area contributed by atoms with E-state index in [1.54, 1.807) is 13.2 Å². The second-order valence-corrected chi connectivity index (χ2v) is 7.66. The minimum atomic E-state index is -1.65. The number of benzene rings is 1. The number of ether oxygens (including phenoxy) is 2. The summed E-state index contributed by atoms with van der Waals surface area (Å²) in [5.41, 5.74) is 6.52. The molecule has 2 N–H and O–H groups in total. The van der Waals surface area contributed by atoms with Gasteiger partial charge in [0.2, 0.25) is 0 Å². The number of allylic oxidation sites excluding steroid dienone is 2. The number of likely N-dealkylation sites (N-methyl/N-ethyl adjacent to an activating group) is 1. The summed E-state index contributed by atoms with van der Waals surface area (Å²) >= 11 is 0. The monoisotopic (exact) mass is 403 g/mol. The minimum Gasteiger partial charge on any atom is -0.493 e. The number of methoxy groups -OCH3 is 1.